The van der Waals surface area contributed by atoms with Crippen LogP contribution in [0.5, 0.6) is 0 Å². The molecule has 0 spiro atoms. The normalized spacial score (nSPS) is 13.5. The number of halogens is 6. The fraction of sp³-hybridized carbons (Fsp3) is 0.350. The molecule has 3 N–H and O–H groups in total. The zero-order valence-corrected chi connectivity index (χ0v) is 18.6. The van der Waals surface area contributed by atoms with Crippen molar-refractivity contribution < 1.29 is 27.8 Å². The van der Waals surface area contributed by atoms with E-state index in [2.05, 4.69) is 10.6 Å². The minimum atomic E-state index is -5.02. The van der Waals surface area contributed by atoms with Crippen LogP contribution in [0.15, 0.2) is 36.4 Å². The molecule has 0 radical (unpaired) electrons. The Hall–Kier alpha value is -1.71. The number of carbonyl (C=O) groups is 1. The van der Waals surface area contributed by atoms with Crippen LogP contribution in [0, 0.1) is 0 Å². The van der Waals surface area contributed by atoms with E-state index < -0.39 is 23.9 Å². The lowest BCUT2D eigenvalue weighted by atomic mass is 9.92. The van der Waals surface area contributed by atoms with Crippen LogP contribution in [0.25, 0.3) is 0 Å². The fourth-order valence-electron chi connectivity index (χ4n) is 2.61. The van der Waals surface area contributed by atoms with E-state index in [1.807, 2.05) is 0 Å². The quantitative estimate of drug-likeness (QED) is 0.417. The smallest absolute Gasteiger partial charge is 0.384 e. The Balaban J connectivity index is 2.10. The van der Waals surface area contributed by atoms with E-state index in [4.69, 9.17) is 39.5 Å². The summed E-state index contributed by atoms with van der Waals surface area (Å²) < 4.78 is 46.0. The molecule has 31 heavy (non-hydrogen) atoms. The molecule has 0 fully saturated rings. The zero-order valence-electron chi connectivity index (χ0n) is 16.3. The maximum Gasteiger partial charge on any atom is 0.423 e. The fourth-order valence-corrected chi connectivity index (χ4v) is 3.21. The number of carbonyl (C=O) groups excluding carboxylic acids is 1. The Kier molecular flexibility index (Phi) is 8.85. The van der Waals surface area contributed by atoms with E-state index in [-0.39, 0.29) is 33.9 Å². The summed E-state index contributed by atoms with van der Waals surface area (Å²) in [6.45, 7) is -0.324. The molecule has 0 bridgehead atoms. The van der Waals surface area contributed by atoms with Crippen molar-refractivity contribution in [3.63, 3.8) is 0 Å². The summed E-state index contributed by atoms with van der Waals surface area (Å²) in [5, 5.41) is 15.2. The molecule has 5 nitrogen and oxygen atoms in total. The van der Waals surface area contributed by atoms with E-state index in [0.717, 1.165) is 17.7 Å². The van der Waals surface area contributed by atoms with Crippen molar-refractivity contribution in [1.29, 1.82) is 0 Å². The minimum absolute atomic E-state index is 0.102. The van der Waals surface area contributed by atoms with Crippen LogP contribution >= 0.6 is 34.8 Å². The molecule has 0 aliphatic carbocycles. The maximum atomic E-state index is 13.7. The number of hydrogen-bond donors (Lipinski definition) is 3. The molecular weight excluding hydrogens is 480 g/mol. The lowest BCUT2D eigenvalue weighted by molar-refractivity contribution is -0.260. The van der Waals surface area contributed by atoms with E-state index in [1.165, 1.54) is 19.2 Å². The lowest BCUT2D eigenvalue weighted by Gasteiger charge is -2.32. The summed E-state index contributed by atoms with van der Waals surface area (Å²) in [7, 11) is 1.50. The lowest BCUT2D eigenvalue weighted by Crippen LogP contribution is -2.47. The Morgan fingerprint density at radius 3 is 2.19 bits per heavy atom. The Labute approximate surface area is 192 Å². The molecule has 0 saturated heterocycles. The second-order valence-corrected chi connectivity index (χ2v) is 7.87. The Morgan fingerprint density at radius 1 is 1.10 bits per heavy atom. The first-order chi connectivity index (χ1) is 14.5. The largest absolute Gasteiger partial charge is 0.423 e. The van der Waals surface area contributed by atoms with E-state index >= 15 is 0 Å². The van der Waals surface area contributed by atoms with Crippen molar-refractivity contribution in [3.8, 4) is 0 Å². The highest BCUT2D eigenvalue weighted by molar-refractivity contribution is 6.48. The highest BCUT2D eigenvalue weighted by Gasteiger charge is 2.55. The summed E-state index contributed by atoms with van der Waals surface area (Å²) >= 11 is 17.5. The van der Waals surface area contributed by atoms with Crippen molar-refractivity contribution in [1.82, 2.24) is 5.32 Å². The van der Waals surface area contributed by atoms with Gasteiger partial charge >= 0.3 is 6.18 Å². The predicted octanol–water partition coefficient (Wildman–Crippen LogP) is 5.16. The van der Waals surface area contributed by atoms with Crippen LogP contribution < -0.4 is 10.6 Å². The number of methoxy groups -OCH3 is 1. The molecular formula is C20H20Cl3F3N2O3. The van der Waals surface area contributed by atoms with E-state index in [0.29, 0.717) is 12.3 Å². The molecule has 0 saturated carbocycles. The molecule has 1 atom stereocenters. The number of aliphatic hydroxyl groups is 1. The van der Waals surface area contributed by atoms with Gasteiger partial charge in [0.25, 0.3) is 0 Å². The Bertz CT molecular complexity index is 888. The van der Waals surface area contributed by atoms with Gasteiger partial charge in [0.1, 0.15) is 0 Å². The van der Waals surface area contributed by atoms with Gasteiger partial charge in [0.15, 0.2) is 0 Å². The predicted molar refractivity (Wildman–Crippen MR) is 115 cm³/mol. The van der Waals surface area contributed by atoms with Gasteiger partial charge in [-0.15, -0.1) is 0 Å². The summed E-state index contributed by atoms with van der Waals surface area (Å²) in [6.07, 6.45) is -4.79. The molecule has 0 aliphatic heterocycles. The number of nitrogens with one attached hydrogen (secondary N) is 2. The number of amides is 1. The van der Waals surface area contributed by atoms with Crippen LogP contribution in [-0.2, 0) is 21.7 Å². The average Bonchev–Trinajstić information content (AvgIpc) is 2.72. The van der Waals surface area contributed by atoms with Gasteiger partial charge in [0.2, 0.25) is 11.5 Å². The number of hydrogen-bond acceptors (Lipinski definition) is 4. The molecule has 0 heterocycles. The zero-order chi connectivity index (χ0) is 23.2. The Morgan fingerprint density at radius 2 is 1.68 bits per heavy atom. The van der Waals surface area contributed by atoms with Crippen LogP contribution in [0.3, 0.4) is 0 Å². The van der Waals surface area contributed by atoms with Gasteiger partial charge in [0, 0.05) is 25.8 Å². The first kappa shape index (κ1) is 25.5. The number of rotatable bonds is 9. The second kappa shape index (κ2) is 10.7. The van der Waals surface area contributed by atoms with E-state index in [1.54, 1.807) is 12.1 Å². The number of anilines is 1. The molecule has 170 valence electrons. The van der Waals surface area contributed by atoms with Gasteiger partial charge in [-0.1, -0.05) is 46.9 Å². The van der Waals surface area contributed by atoms with Gasteiger partial charge in [-0.05, 0) is 35.4 Å². The molecule has 0 aliphatic rings. The minimum Gasteiger partial charge on any atom is -0.384 e. The van der Waals surface area contributed by atoms with Crippen LogP contribution in [0.4, 0.5) is 18.9 Å². The maximum absolute atomic E-state index is 13.7. The summed E-state index contributed by atoms with van der Waals surface area (Å²) in [5.41, 5.74) is -2.72. The first-order valence-corrected chi connectivity index (χ1v) is 10.1. The van der Waals surface area contributed by atoms with E-state index in [9.17, 15) is 23.1 Å². The van der Waals surface area contributed by atoms with Crippen LogP contribution in [0.1, 0.15) is 17.5 Å². The second-order valence-electron chi connectivity index (χ2n) is 6.68. The van der Waals surface area contributed by atoms with Crippen molar-refractivity contribution in [2.45, 2.75) is 24.7 Å². The standard InChI is InChI=1S/C20H20Cl3F3N2O3/c1-31-7-6-17(29)27-10-12-2-4-14(5-3-12)28-11-19(30,20(24,25)26)13-8-15(21)18(23)16(22)9-13/h2-5,8-9,28,30H,6-7,10-11H2,1H3,(H,27,29)/t19-/m0/s1. The van der Waals surface area contributed by atoms with Gasteiger partial charge in [-0.25, -0.2) is 0 Å². The number of alkyl halides is 3. The highest BCUT2D eigenvalue weighted by Crippen LogP contribution is 2.43. The third-order valence-corrected chi connectivity index (χ3v) is 5.65. The monoisotopic (exact) mass is 498 g/mol. The number of ether oxygens (including phenoxy) is 1. The number of benzene rings is 2. The topological polar surface area (TPSA) is 70.6 Å². The van der Waals surface area contributed by atoms with Gasteiger partial charge in [-0.3, -0.25) is 4.79 Å². The summed E-state index contributed by atoms with van der Waals surface area (Å²) in [4.78, 5) is 11.6. The van der Waals surface area contributed by atoms with Crippen LogP contribution in [-0.4, -0.2) is 37.5 Å². The molecule has 11 heteroatoms. The van der Waals surface area contributed by atoms with Crippen molar-refractivity contribution in [3.05, 3.63) is 62.6 Å². The first-order valence-electron chi connectivity index (χ1n) is 9.00. The SMILES string of the molecule is COCCC(=O)NCc1ccc(NC[C@](O)(c2cc(Cl)c(Cl)c(Cl)c2)C(F)(F)F)cc1. The summed E-state index contributed by atoms with van der Waals surface area (Å²) in [5.74, 6) is -0.181. The van der Waals surface area contributed by atoms with Crippen molar-refractivity contribution in [2.75, 3.05) is 25.6 Å². The molecule has 2 aromatic rings. The molecule has 2 aromatic carbocycles. The average molecular weight is 500 g/mol. The van der Waals surface area contributed by atoms with Gasteiger partial charge in [-0.2, -0.15) is 13.2 Å². The third-order valence-electron chi connectivity index (χ3n) is 4.46. The van der Waals surface area contributed by atoms with Gasteiger partial charge in [0.05, 0.1) is 28.2 Å². The molecule has 0 aromatic heterocycles. The van der Waals surface area contributed by atoms with Crippen molar-refractivity contribution >= 4 is 46.4 Å². The molecule has 2 rings (SSSR count). The van der Waals surface area contributed by atoms with Gasteiger partial charge < -0.3 is 20.5 Å². The third kappa shape index (κ3) is 6.63. The van der Waals surface area contributed by atoms with Crippen molar-refractivity contribution in [2.24, 2.45) is 0 Å². The van der Waals surface area contributed by atoms with Crippen LogP contribution in [0.2, 0.25) is 15.1 Å². The highest BCUT2D eigenvalue weighted by atomic mass is 35.5. The summed E-state index contributed by atoms with van der Waals surface area (Å²) in [6, 6.07) is 8.22. The molecule has 0 unspecified atom stereocenters. The molecule has 1 amide bonds.